The molecule has 2 heterocycles. The molecule has 4 nitrogen and oxygen atoms in total. The third-order valence-corrected chi connectivity index (χ3v) is 7.18. The largest absolute Gasteiger partial charge is 0.465 e. The molecule has 0 spiro atoms. The molecule has 0 saturated carbocycles. The lowest BCUT2D eigenvalue weighted by Crippen LogP contribution is -2.45. The number of fused-ring (bicyclic) bond motifs is 1. The summed E-state index contributed by atoms with van der Waals surface area (Å²) in [7, 11) is 1.47. The molecule has 1 aliphatic carbocycles. The molecule has 0 aromatic carbocycles. The first-order valence-electron chi connectivity index (χ1n) is 9.96. The predicted octanol–water partition coefficient (Wildman–Crippen LogP) is 5.16. The number of rotatable bonds is 3. The summed E-state index contributed by atoms with van der Waals surface area (Å²) in [5, 5.41) is 5.08. The topological polar surface area (TPSA) is 41.6 Å². The van der Waals surface area contributed by atoms with Crippen LogP contribution in [0.2, 0.25) is 0 Å². The molecule has 1 fully saturated rings. The maximum atomic E-state index is 12.5. The quantitative estimate of drug-likeness (QED) is 0.567. The van der Waals surface area contributed by atoms with E-state index < -0.39 is 0 Å². The maximum absolute atomic E-state index is 12.5. The van der Waals surface area contributed by atoms with Crippen LogP contribution in [-0.2, 0) is 17.6 Å². The number of nitrogens with zero attached hydrogens (tertiary/aromatic N) is 1. The van der Waals surface area contributed by atoms with Gasteiger partial charge in [0.2, 0.25) is 0 Å². The molecule has 1 saturated heterocycles. The van der Waals surface area contributed by atoms with Crippen molar-refractivity contribution in [2.45, 2.75) is 77.2 Å². The molecular formula is C20H30N2O2S2. The summed E-state index contributed by atoms with van der Waals surface area (Å²) in [6, 6.07) is 0.506. The highest BCUT2D eigenvalue weighted by atomic mass is 32.1. The van der Waals surface area contributed by atoms with Crippen molar-refractivity contribution in [1.29, 1.82) is 0 Å². The normalized spacial score (nSPS) is 20.7. The average molecular weight is 395 g/mol. The molecule has 0 amide bonds. The van der Waals surface area contributed by atoms with Crippen molar-refractivity contribution in [3.05, 3.63) is 16.0 Å². The van der Waals surface area contributed by atoms with Gasteiger partial charge < -0.3 is 15.0 Å². The maximum Gasteiger partial charge on any atom is 0.341 e. The highest BCUT2D eigenvalue weighted by molar-refractivity contribution is 7.80. The van der Waals surface area contributed by atoms with E-state index in [9.17, 15) is 4.79 Å². The number of anilines is 1. The lowest BCUT2D eigenvalue weighted by molar-refractivity contribution is 0.0601. The number of esters is 1. The number of methoxy groups -OCH3 is 1. The van der Waals surface area contributed by atoms with Gasteiger partial charge >= 0.3 is 5.97 Å². The predicted molar refractivity (Wildman–Crippen MR) is 112 cm³/mol. The van der Waals surface area contributed by atoms with Crippen molar-refractivity contribution >= 4 is 39.6 Å². The summed E-state index contributed by atoms with van der Waals surface area (Å²) in [6.07, 6.45) is 11.6. The molecule has 1 aromatic heterocycles. The van der Waals surface area contributed by atoms with E-state index in [-0.39, 0.29) is 5.97 Å². The first-order valence-corrected chi connectivity index (χ1v) is 11.2. The van der Waals surface area contributed by atoms with E-state index in [1.54, 1.807) is 11.3 Å². The Morgan fingerprint density at radius 1 is 1.23 bits per heavy atom. The van der Waals surface area contributed by atoms with Crippen LogP contribution in [0.5, 0.6) is 0 Å². The van der Waals surface area contributed by atoms with Gasteiger partial charge in [-0.2, -0.15) is 0 Å². The van der Waals surface area contributed by atoms with Crippen LogP contribution in [0.1, 0.15) is 79.1 Å². The fourth-order valence-corrected chi connectivity index (χ4v) is 5.87. The minimum absolute atomic E-state index is 0.237. The van der Waals surface area contributed by atoms with Crippen LogP contribution in [0.3, 0.4) is 0 Å². The molecule has 144 valence electrons. The molecule has 0 bridgehead atoms. The molecule has 1 aromatic rings. The average Bonchev–Trinajstić information content (AvgIpc) is 2.97. The number of carbonyl (C=O) groups excluding carboxylic acids is 1. The van der Waals surface area contributed by atoms with E-state index in [2.05, 4.69) is 17.1 Å². The van der Waals surface area contributed by atoms with E-state index >= 15 is 0 Å². The molecule has 6 heteroatoms. The second-order valence-corrected chi connectivity index (χ2v) is 8.79. The number of thiocarbonyl (C=S) groups is 1. The third kappa shape index (κ3) is 4.22. The molecule has 1 unspecified atom stereocenters. The van der Waals surface area contributed by atoms with Crippen LogP contribution in [0.15, 0.2) is 0 Å². The summed E-state index contributed by atoms with van der Waals surface area (Å²) >= 11 is 7.45. The molecule has 0 radical (unpaired) electrons. The Kier molecular flexibility index (Phi) is 6.92. The number of carbonyl (C=O) groups is 1. The molecule has 3 rings (SSSR count). The van der Waals surface area contributed by atoms with Crippen LogP contribution < -0.4 is 5.32 Å². The Bertz CT molecular complexity index is 656. The summed E-state index contributed by atoms with van der Waals surface area (Å²) in [4.78, 5) is 16.2. The number of aryl methyl sites for hydroxylation is 1. The zero-order chi connectivity index (χ0) is 18.5. The van der Waals surface area contributed by atoms with Crippen molar-refractivity contribution in [3.63, 3.8) is 0 Å². The van der Waals surface area contributed by atoms with E-state index in [1.807, 2.05) is 0 Å². The summed E-state index contributed by atoms with van der Waals surface area (Å²) < 4.78 is 5.11. The monoisotopic (exact) mass is 394 g/mol. The van der Waals surface area contributed by atoms with E-state index in [0.717, 1.165) is 47.9 Å². The number of hydrogen-bond donors (Lipinski definition) is 1. The highest BCUT2D eigenvalue weighted by Gasteiger charge is 2.28. The SMILES string of the molecule is CCC1CCCCN1C(=S)Nc1sc2c(c1C(=O)OC)CCCCCC2. The Morgan fingerprint density at radius 2 is 2.00 bits per heavy atom. The van der Waals surface area contributed by atoms with Crippen LogP contribution in [0.25, 0.3) is 0 Å². The zero-order valence-corrected chi connectivity index (χ0v) is 17.6. The van der Waals surface area contributed by atoms with Gasteiger partial charge in [-0.25, -0.2) is 4.79 Å². The Morgan fingerprint density at radius 3 is 2.73 bits per heavy atom. The van der Waals surface area contributed by atoms with Crippen molar-refractivity contribution in [2.75, 3.05) is 19.0 Å². The lowest BCUT2D eigenvalue weighted by atomic mass is 9.96. The molecule has 1 aliphatic heterocycles. The Balaban J connectivity index is 1.87. The second-order valence-electron chi connectivity index (χ2n) is 7.30. The minimum Gasteiger partial charge on any atom is -0.465 e. The van der Waals surface area contributed by atoms with Crippen LogP contribution in [0.4, 0.5) is 5.00 Å². The number of likely N-dealkylation sites (tertiary alicyclic amines) is 1. The number of nitrogens with one attached hydrogen (secondary N) is 1. The minimum atomic E-state index is -0.237. The standard InChI is InChI=1S/C20H30N2O2S2/c1-3-14-10-8-9-13-22(14)20(25)21-18-17(19(23)24-2)15-11-6-4-5-7-12-16(15)26-18/h14H,3-13H2,1-2H3,(H,21,25). The van der Waals surface area contributed by atoms with E-state index in [0.29, 0.717) is 6.04 Å². The van der Waals surface area contributed by atoms with Crippen molar-refractivity contribution in [3.8, 4) is 0 Å². The van der Waals surface area contributed by atoms with Gasteiger partial charge in [0.15, 0.2) is 5.11 Å². The number of thiophene rings is 1. The van der Waals surface area contributed by atoms with Crippen LogP contribution >= 0.6 is 23.6 Å². The van der Waals surface area contributed by atoms with Gasteiger partial charge in [-0.05, 0) is 69.1 Å². The number of piperidine rings is 1. The smallest absolute Gasteiger partial charge is 0.341 e. The second kappa shape index (κ2) is 9.18. The van der Waals surface area contributed by atoms with Crippen molar-refractivity contribution in [1.82, 2.24) is 4.90 Å². The van der Waals surface area contributed by atoms with Crippen molar-refractivity contribution in [2.24, 2.45) is 0 Å². The zero-order valence-electron chi connectivity index (χ0n) is 15.9. The van der Waals surface area contributed by atoms with Gasteiger partial charge in [0, 0.05) is 17.5 Å². The molecule has 26 heavy (non-hydrogen) atoms. The first-order chi connectivity index (χ1) is 12.7. The number of ether oxygens (including phenoxy) is 1. The van der Waals surface area contributed by atoms with Crippen LogP contribution in [0, 0.1) is 0 Å². The lowest BCUT2D eigenvalue weighted by Gasteiger charge is -2.37. The molecule has 1 N–H and O–H groups in total. The summed E-state index contributed by atoms with van der Waals surface area (Å²) in [5.41, 5.74) is 1.92. The van der Waals surface area contributed by atoms with Crippen LogP contribution in [-0.4, -0.2) is 35.7 Å². The van der Waals surface area contributed by atoms with Gasteiger partial charge in [0.05, 0.1) is 12.7 Å². The van der Waals surface area contributed by atoms with Gasteiger partial charge in [-0.15, -0.1) is 11.3 Å². The highest BCUT2D eigenvalue weighted by Crippen LogP contribution is 2.38. The molecular weight excluding hydrogens is 364 g/mol. The Labute approximate surface area is 166 Å². The van der Waals surface area contributed by atoms with Gasteiger partial charge in [-0.3, -0.25) is 0 Å². The Hall–Kier alpha value is -1.14. The van der Waals surface area contributed by atoms with Gasteiger partial charge in [0.25, 0.3) is 0 Å². The summed E-state index contributed by atoms with van der Waals surface area (Å²) in [6.45, 7) is 3.23. The third-order valence-electron chi connectivity index (χ3n) is 5.64. The summed E-state index contributed by atoms with van der Waals surface area (Å²) in [5.74, 6) is -0.237. The fraction of sp³-hybridized carbons (Fsp3) is 0.700. The van der Waals surface area contributed by atoms with Gasteiger partial charge in [-0.1, -0.05) is 19.8 Å². The fourth-order valence-electron chi connectivity index (χ4n) is 4.19. The van der Waals surface area contributed by atoms with E-state index in [4.69, 9.17) is 17.0 Å². The van der Waals surface area contributed by atoms with E-state index in [1.165, 1.54) is 56.1 Å². The molecule has 1 atom stereocenters. The van der Waals surface area contributed by atoms with Gasteiger partial charge in [0.1, 0.15) is 5.00 Å². The van der Waals surface area contributed by atoms with Crippen molar-refractivity contribution < 1.29 is 9.53 Å². The number of hydrogen-bond acceptors (Lipinski definition) is 4. The first kappa shape index (κ1) is 19.6. The molecule has 2 aliphatic rings.